The molecule has 0 spiro atoms. The fourth-order valence-electron chi connectivity index (χ4n) is 1.90. The molecule has 100 valence electrons. The Hall–Kier alpha value is -1.40. The number of ether oxygens (including phenoxy) is 3. The maximum Gasteiger partial charge on any atom is 0.356 e. The number of carbonyl (C=O) groups is 1. The van der Waals surface area contributed by atoms with E-state index in [4.69, 9.17) is 9.47 Å². The van der Waals surface area contributed by atoms with Crippen LogP contribution in [0.3, 0.4) is 0 Å². The van der Waals surface area contributed by atoms with Crippen LogP contribution < -0.4 is 0 Å². The van der Waals surface area contributed by atoms with Crippen molar-refractivity contribution >= 4 is 5.97 Å². The molecule has 0 radical (unpaired) electrons. The molecule has 2 rings (SSSR count). The van der Waals surface area contributed by atoms with Gasteiger partial charge in [0.1, 0.15) is 5.69 Å². The first kappa shape index (κ1) is 13.0. The van der Waals surface area contributed by atoms with Crippen LogP contribution in [0.2, 0.25) is 0 Å². The number of rotatable bonds is 5. The van der Waals surface area contributed by atoms with Crippen molar-refractivity contribution < 1.29 is 19.0 Å². The van der Waals surface area contributed by atoms with E-state index in [1.807, 2.05) is 0 Å². The summed E-state index contributed by atoms with van der Waals surface area (Å²) >= 11 is 0. The maximum absolute atomic E-state index is 11.4. The van der Waals surface area contributed by atoms with Crippen LogP contribution in [-0.2, 0) is 20.8 Å². The molecule has 2 heterocycles. The second-order valence-electron chi connectivity index (χ2n) is 4.10. The summed E-state index contributed by atoms with van der Waals surface area (Å²) in [5.74, 6) is -0.388. The monoisotopic (exact) mass is 254 g/mol. The Bertz CT molecular complexity index is 385. The van der Waals surface area contributed by atoms with Crippen molar-refractivity contribution in [1.29, 1.82) is 0 Å². The van der Waals surface area contributed by atoms with Crippen LogP contribution in [0.5, 0.6) is 0 Å². The summed E-state index contributed by atoms with van der Waals surface area (Å²) in [6.45, 7) is 1.74. The molecule has 1 aromatic rings. The lowest BCUT2D eigenvalue weighted by molar-refractivity contribution is -0.163. The van der Waals surface area contributed by atoms with E-state index in [2.05, 4.69) is 9.84 Å². The third kappa shape index (κ3) is 3.30. The van der Waals surface area contributed by atoms with Crippen molar-refractivity contribution in [2.45, 2.75) is 32.1 Å². The quantitative estimate of drug-likeness (QED) is 0.739. The van der Waals surface area contributed by atoms with Gasteiger partial charge in [-0.3, -0.25) is 4.68 Å². The molecule has 0 aromatic carbocycles. The van der Waals surface area contributed by atoms with Gasteiger partial charge in [-0.25, -0.2) is 4.79 Å². The fourth-order valence-corrected chi connectivity index (χ4v) is 1.90. The third-order valence-corrected chi connectivity index (χ3v) is 2.86. The van der Waals surface area contributed by atoms with Crippen LogP contribution in [0.4, 0.5) is 0 Å². The van der Waals surface area contributed by atoms with E-state index >= 15 is 0 Å². The van der Waals surface area contributed by atoms with Crippen molar-refractivity contribution in [3.8, 4) is 0 Å². The molecule has 1 fully saturated rings. The van der Waals surface area contributed by atoms with E-state index in [1.54, 1.807) is 16.9 Å². The molecule has 0 bridgehead atoms. The zero-order chi connectivity index (χ0) is 12.8. The molecule has 6 nitrogen and oxygen atoms in total. The highest BCUT2D eigenvalue weighted by molar-refractivity contribution is 5.87. The first-order chi connectivity index (χ1) is 8.81. The zero-order valence-electron chi connectivity index (χ0n) is 10.5. The number of aromatic nitrogens is 2. The number of carbonyl (C=O) groups excluding carboxylic acids is 1. The van der Waals surface area contributed by atoms with Gasteiger partial charge in [0.25, 0.3) is 0 Å². The van der Waals surface area contributed by atoms with Gasteiger partial charge in [0, 0.05) is 12.8 Å². The van der Waals surface area contributed by atoms with Gasteiger partial charge in [0.15, 0.2) is 6.29 Å². The summed E-state index contributed by atoms with van der Waals surface area (Å²) in [5.41, 5.74) is 0.436. The van der Waals surface area contributed by atoms with Gasteiger partial charge in [-0.15, -0.1) is 0 Å². The molecule has 6 heteroatoms. The van der Waals surface area contributed by atoms with Gasteiger partial charge in [0.05, 0.1) is 20.3 Å². The topological polar surface area (TPSA) is 62.6 Å². The number of hydrogen-bond acceptors (Lipinski definition) is 5. The summed E-state index contributed by atoms with van der Waals surface area (Å²) in [6, 6.07) is 1.63. The molecule has 0 saturated carbocycles. The summed E-state index contributed by atoms with van der Waals surface area (Å²) in [5, 5.41) is 4.06. The van der Waals surface area contributed by atoms with Crippen molar-refractivity contribution in [2.24, 2.45) is 0 Å². The molecule has 18 heavy (non-hydrogen) atoms. The van der Waals surface area contributed by atoms with Gasteiger partial charge in [-0.1, -0.05) is 0 Å². The molecule has 1 aliphatic heterocycles. The SMILES string of the molecule is COC(=O)c1ccnn1CCOC1CCCCO1. The Morgan fingerprint density at radius 3 is 3.22 bits per heavy atom. The van der Waals surface area contributed by atoms with E-state index in [0.717, 1.165) is 25.9 Å². The van der Waals surface area contributed by atoms with Crippen molar-refractivity contribution in [3.63, 3.8) is 0 Å². The first-order valence-electron chi connectivity index (χ1n) is 6.14. The Labute approximate surface area is 106 Å². The van der Waals surface area contributed by atoms with E-state index in [9.17, 15) is 4.79 Å². The fraction of sp³-hybridized carbons (Fsp3) is 0.667. The number of methoxy groups -OCH3 is 1. The molecule has 0 N–H and O–H groups in total. The smallest absolute Gasteiger partial charge is 0.356 e. The minimum Gasteiger partial charge on any atom is -0.464 e. The highest BCUT2D eigenvalue weighted by atomic mass is 16.7. The van der Waals surface area contributed by atoms with Gasteiger partial charge in [0.2, 0.25) is 0 Å². The highest BCUT2D eigenvalue weighted by Crippen LogP contribution is 2.13. The number of esters is 1. The second kappa shape index (κ2) is 6.51. The molecular weight excluding hydrogens is 236 g/mol. The predicted molar refractivity (Wildman–Crippen MR) is 63.1 cm³/mol. The van der Waals surface area contributed by atoms with Crippen LogP contribution in [0, 0.1) is 0 Å². The molecule has 0 amide bonds. The maximum atomic E-state index is 11.4. The van der Waals surface area contributed by atoms with E-state index in [-0.39, 0.29) is 12.3 Å². The molecule has 1 saturated heterocycles. The lowest BCUT2D eigenvalue weighted by Crippen LogP contribution is -2.24. The average molecular weight is 254 g/mol. The Morgan fingerprint density at radius 2 is 2.50 bits per heavy atom. The Balaban J connectivity index is 1.79. The van der Waals surface area contributed by atoms with Crippen molar-refractivity contribution in [3.05, 3.63) is 18.0 Å². The van der Waals surface area contributed by atoms with Crippen molar-refractivity contribution in [2.75, 3.05) is 20.3 Å². The molecule has 0 aliphatic carbocycles. The largest absolute Gasteiger partial charge is 0.464 e. The summed E-state index contributed by atoms with van der Waals surface area (Å²) in [7, 11) is 1.35. The minimum atomic E-state index is -0.388. The van der Waals surface area contributed by atoms with Gasteiger partial charge >= 0.3 is 5.97 Å². The standard InChI is InChI=1S/C12H18N2O4/c1-16-12(15)10-5-6-13-14(10)7-9-18-11-4-2-3-8-17-11/h5-6,11H,2-4,7-9H2,1H3. The van der Waals surface area contributed by atoms with E-state index < -0.39 is 0 Å². The molecule has 1 aliphatic rings. The molecular formula is C12H18N2O4. The van der Waals surface area contributed by atoms with Gasteiger partial charge < -0.3 is 14.2 Å². The van der Waals surface area contributed by atoms with Crippen LogP contribution in [-0.4, -0.2) is 42.4 Å². The van der Waals surface area contributed by atoms with Crippen LogP contribution in [0.1, 0.15) is 29.8 Å². The lowest BCUT2D eigenvalue weighted by Gasteiger charge is -2.22. The summed E-state index contributed by atoms with van der Waals surface area (Å²) in [4.78, 5) is 11.4. The summed E-state index contributed by atoms with van der Waals surface area (Å²) < 4.78 is 17.3. The second-order valence-corrected chi connectivity index (χ2v) is 4.10. The number of hydrogen-bond donors (Lipinski definition) is 0. The van der Waals surface area contributed by atoms with E-state index in [0.29, 0.717) is 18.8 Å². The molecule has 1 aromatic heterocycles. The lowest BCUT2D eigenvalue weighted by atomic mass is 10.2. The molecule has 1 atom stereocenters. The summed E-state index contributed by atoms with van der Waals surface area (Å²) in [6.07, 6.45) is 4.63. The first-order valence-corrected chi connectivity index (χ1v) is 6.14. The average Bonchev–Trinajstić information content (AvgIpc) is 2.87. The van der Waals surface area contributed by atoms with Gasteiger partial charge in [-0.2, -0.15) is 5.10 Å². The van der Waals surface area contributed by atoms with E-state index in [1.165, 1.54) is 7.11 Å². The Kier molecular flexibility index (Phi) is 4.72. The van der Waals surface area contributed by atoms with Crippen molar-refractivity contribution in [1.82, 2.24) is 9.78 Å². The third-order valence-electron chi connectivity index (χ3n) is 2.86. The normalized spacial score (nSPS) is 19.7. The molecule has 1 unspecified atom stereocenters. The Morgan fingerprint density at radius 1 is 1.61 bits per heavy atom. The van der Waals surface area contributed by atoms with Gasteiger partial charge in [-0.05, 0) is 25.3 Å². The highest BCUT2D eigenvalue weighted by Gasteiger charge is 2.15. The minimum absolute atomic E-state index is 0.115. The zero-order valence-corrected chi connectivity index (χ0v) is 10.5. The van der Waals surface area contributed by atoms with Crippen LogP contribution >= 0.6 is 0 Å². The number of nitrogens with zero attached hydrogens (tertiary/aromatic N) is 2. The predicted octanol–water partition coefficient (Wildman–Crippen LogP) is 1.21. The van der Waals surface area contributed by atoms with Crippen LogP contribution in [0.25, 0.3) is 0 Å². The van der Waals surface area contributed by atoms with Crippen LogP contribution in [0.15, 0.2) is 12.3 Å².